The molecular weight excluding hydrogens is 422 g/mol. The molecule has 0 bridgehead atoms. The summed E-state index contributed by atoms with van der Waals surface area (Å²) in [6, 6.07) is 12.9. The molecule has 1 heterocycles. The monoisotopic (exact) mass is 441 g/mol. The molecule has 9 heteroatoms. The van der Waals surface area contributed by atoms with Crippen LogP contribution in [-0.2, 0) is 4.79 Å². The molecule has 1 aliphatic rings. The first kappa shape index (κ1) is 20.4. The van der Waals surface area contributed by atoms with Crippen molar-refractivity contribution >= 4 is 40.9 Å². The molecule has 154 valence electrons. The van der Waals surface area contributed by atoms with Crippen LogP contribution in [0.4, 0.5) is 5.69 Å². The van der Waals surface area contributed by atoms with Gasteiger partial charge in [-0.25, -0.2) is 0 Å². The Labute approximate surface area is 183 Å². The van der Waals surface area contributed by atoms with Crippen LogP contribution in [0.1, 0.15) is 28.8 Å². The summed E-state index contributed by atoms with van der Waals surface area (Å²) in [6.07, 6.45) is 3.64. The zero-order valence-electron chi connectivity index (χ0n) is 16.3. The third-order valence-corrected chi connectivity index (χ3v) is 5.95. The molecule has 2 N–H and O–H groups in total. The quantitative estimate of drug-likeness (QED) is 0.543. The minimum Gasteiger partial charge on any atom is -0.349 e. The van der Waals surface area contributed by atoms with Crippen molar-refractivity contribution in [3.05, 3.63) is 64.9 Å². The van der Waals surface area contributed by atoms with Crippen LogP contribution in [0.15, 0.2) is 53.9 Å². The molecule has 0 atom stereocenters. The zero-order valence-corrected chi connectivity index (χ0v) is 17.8. The fraction of sp³-hybridized carbons (Fsp3) is 0.238. The van der Waals surface area contributed by atoms with Gasteiger partial charge in [0.2, 0.25) is 5.91 Å². The van der Waals surface area contributed by atoms with Gasteiger partial charge in [-0.15, -0.1) is 10.2 Å². The Bertz CT molecular complexity index is 1100. The number of hydrogen-bond donors (Lipinski definition) is 2. The van der Waals surface area contributed by atoms with Gasteiger partial charge in [0.05, 0.1) is 11.4 Å². The lowest BCUT2D eigenvalue weighted by molar-refractivity contribution is -0.113. The highest BCUT2D eigenvalue weighted by molar-refractivity contribution is 7.99. The molecular formula is C21H20ClN5O2S. The van der Waals surface area contributed by atoms with Gasteiger partial charge in [0.15, 0.2) is 5.16 Å². The van der Waals surface area contributed by atoms with E-state index in [-0.39, 0.29) is 23.6 Å². The molecule has 0 unspecified atom stereocenters. The van der Waals surface area contributed by atoms with Gasteiger partial charge in [0.25, 0.3) is 5.91 Å². The number of aryl methyl sites for hydroxylation is 1. The van der Waals surface area contributed by atoms with Crippen LogP contribution >= 0.6 is 23.4 Å². The first-order valence-corrected chi connectivity index (χ1v) is 10.9. The lowest BCUT2D eigenvalue weighted by Crippen LogP contribution is -2.25. The number of thioether (sulfide) groups is 1. The molecule has 2 aromatic carbocycles. The average molecular weight is 442 g/mol. The van der Waals surface area contributed by atoms with Crippen LogP contribution in [0.5, 0.6) is 0 Å². The molecule has 0 aliphatic heterocycles. The van der Waals surface area contributed by atoms with E-state index in [0.717, 1.165) is 24.1 Å². The number of carbonyl (C=O) groups is 2. The van der Waals surface area contributed by atoms with Gasteiger partial charge in [-0.2, -0.15) is 0 Å². The fourth-order valence-electron chi connectivity index (χ4n) is 2.79. The second-order valence-corrected chi connectivity index (χ2v) is 8.43. The number of carbonyl (C=O) groups excluding carboxylic acids is 2. The van der Waals surface area contributed by atoms with E-state index in [2.05, 4.69) is 20.8 Å². The van der Waals surface area contributed by atoms with E-state index in [1.54, 1.807) is 35.2 Å². The Hall–Kier alpha value is -2.84. The van der Waals surface area contributed by atoms with Gasteiger partial charge >= 0.3 is 0 Å². The number of rotatable bonds is 7. The first-order chi connectivity index (χ1) is 14.5. The third kappa shape index (κ3) is 5.01. The number of aromatic nitrogens is 3. The lowest BCUT2D eigenvalue weighted by atomic mass is 10.2. The largest absolute Gasteiger partial charge is 0.349 e. The molecule has 7 nitrogen and oxygen atoms in total. The topological polar surface area (TPSA) is 88.9 Å². The summed E-state index contributed by atoms with van der Waals surface area (Å²) >= 11 is 7.48. The Morgan fingerprint density at radius 3 is 2.83 bits per heavy atom. The van der Waals surface area contributed by atoms with Gasteiger partial charge in [0, 0.05) is 22.3 Å². The molecule has 1 saturated carbocycles. The van der Waals surface area contributed by atoms with E-state index in [4.69, 9.17) is 11.6 Å². The normalized spacial score (nSPS) is 13.1. The summed E-state index contributed by atoms with van der Waals surface area (Å²) in [5, 5.41) is 15.0. The van der Waals surface area contributed by atoms with E-state index in [1.165, 1.54) is 11.8 Å². The summed E-state index contributed by atoms with van der Waals surface area (Å²) < 4.78 is 1.78. The van der Waals surface area contributed by atoms with E-state index >= 15 is 0 Å². The van der Waals surface area contributed by atoms with Crippen LogP contribution in [0.2, 0.25) is 5.02 Å². The van der Waals surface area contributed by atoms with Crippen molar-refractivity contribution in [3.8, 4) is 5.69 Å². The maximum absolute atomic E-state index is 12.4. The van der Waals surface area contributed by atoms with E-state index in [0.29, 0.717) is 21.4 Å². The fourth-order valence-corrected chi connectivity index (χ4v) is 3.70. The SMILES string of the molecule is Cc1ccc(-n2cnnc2SCC(=O)Nc2cccc(C(=O)NC3CC3)c2)cc1Cl. The highest BCUT2D eigenvalue weighted by Crippen LogP contribution is 2.24. The summed E-state index contributed by atoms with van der Waals surface area (Å²) in [5.74, 6) is -0.166. The molecule has 0 radical (unpaired) electrons. The first-order valence-electron chi connectivity index (χ1n) is 9.50. The maximum Gasteiger partial charge on any atom is 0.251 e. The van der Waals surface area contributed by atoms with Crippen molar-refractivity contribution in [1.29, 1.82) is 0 Å². The van der Waals surface area contributed by atoms with Gasteiger partial charge in [-0.3, -0.25) is 14.2 Å². The number of amides is 2. The predicted octanol–water partition coefficient (Wildman–Crippen LogP) is 3.85. The molecule has 3 aromatic rings. The van der Waals surface area contributed by atoms with Crippen LogP contribution in [0, 0.1) is 6.92 Å². The van der Waals surface area contributed by atoms with E-state index in [1.807, 2.05) is 25.1 Å². The standard InChI is InChI=1S/C21H20ClN5O2S/c1-13-5-8-17(10-18(13)22)27-12-23-26-21(27)30-11-19(28)24-16-4-2-3-14(9-16)20(29)25-15-6-7-15/h2-5,8-10,12,15H,6-7,11H2,1H3,(H,24,28)(H,25,29). The Kier molecular flexibility index (Phi) is 6.06. The van der Waals surface area contributed by atoms with Crippen LogP contribution < -0.4 is 10.6 Å². The molecule has 30 heavy (non-hydrogen) atoms. The predicted molar refractivity (Wildman–Crippen MR) is 117 cm³/mol. The summed E-state index contributed by atoms with van der Waals surface area (Å²) in [7, 11) is 0. The van der Waals surface area contributed by atoms with Gasteiger partial charge < -0.3 is 10.6 Å². The number of nitrogens with one attached hydrogen (secondary N) is 2. The van der Waals surface area contributed by atoms with Crippen molar-refractivity contribution in [2.45, 2.75) is 31.0 Å². The highest BCUT2D eigenvalue weighted by Gasteiger charge is 2.23. The molecule has 0 spiro atoms. The molecule has 4 rings (SSSR count). The lowest BCUT2D eigenvalue weighted by Gasteiger charge is -2.09. The van der Waals surface area contributed by atoms with Crippen molar-refractivity contribution in [2.24, 2.45) is 0 Å². The van der Waals surface area contributed by atoms with Crippen LogP contribution in [0.3, 0.4) is 0 Å². The number of benzene rings is 2. The zero-order chi connectivity index (χ0) is 21.1. The Morgan fingerprint density at radius 1 is 1.23 bits per heavy atom. The number of halogens is 1. The number of anilines is 1. The summed E-state index contributed by atoms with van der Waals surface area (Å²) in [5.41, 5.74) is 2.92. The van der Waals surface area contributed by atoms with E-state index in [9.17, 15) is 9.59 Å². The minimum atomic E-state index is -0.198. The van der Waals surface area contributed by atoms with E-state index < -0.39 is 0 Å². The van der Waals surface area contributed by atoms with Crippen LogP contribution in [-0.4, -0.2) is 38.4 Å². The second-order valence-electron chi connectivity index (χ2n) is 7.08. The van der Waals surface area contributed by atoms with Crippen molar-refractivity contribution in [2.75, 3.05) is 11.1 Å². The van der Waals surface area contributed by atoms with Crippen LogP contribution in [0.25, 0.3) is 5.69 Å². The van der Waals surface area contributed by atoms with Crippen molar-refractivity contribution < 1.29 is 9.59 Å². The summed E-state index contributed by atoms with van der Waals surface area (Å²) in [6.45, 7) is 1.93. The molecule has 1 aromatic heterocycles. The minimum absolute atomic E-state index is 0.118. The van der Waals surface area contributed by atoms with Gasteiger partial charge in [-0.05, 0) is 55.7 Å². The Morgan fingerprint density at radius 2 is 2.07 bits per heavy atom. The molecule has 1 aliphatic carbocycles. The number of nitrogens with zero attached hydrogens (tertiary/aromatic N) is 3. The summed E-state index contributed by atoms with van der Waals surface area (Å²) in [4.78, 5) is 24.6. The van der Waals surface area contributed by atoms with Gasteiger partial charge in [0.1, 0.15) is 6.33 Å². The molecule has 0 saturated heterocycles. The molecule has 2 amide bonds. The van der Waals surface area contributed by atoms with Crippen molar-refractivity contribution in [3.63, 3.8) is 0 Å². The highest BCUT2D eigenvalue weighted by atomic mass is 35.5. The Balaban J connectivity index is 1.37. The molecule has 1 fully saturated rings. The third-order valence-electron chi connectivity index (χ3n) is 4.60. The van der Waals surface area contributed by atoms with Crippen molar-refractivity contribution in [1.82, 2.24) is 20.1 Å². The number of hydrogen-bond acceptors (Lipinski definition) is 5. The van der Waals surface area contributed by atoms with Gasteiger partial charge in [-0.1, -0.05) is 35.5 Å². The second kappa shape index (κ2) is 8.89. The maximum atomic E-state index is 12.4. The smallest absolute Gasteiger partial charge is 0.251 e. The average Bonchev–Trinajstić information content (AvgIpc) is 3.42.